The Morgan fingerprint density at radius 1 is 1.45 bits per heavy atom. The normalized spacial score (nSPS) is 18.1. The molecule has 1 saturated heterocycles. The lowest BCUT2D eigenvalue weighted by Crippen LogP contribution is -2.33. The molecule has 1 unspecified atom stereocenters. The first-order valence-electron chi connectivity index (χ1n) is 6.18. The number of likely N-dealkylation sites (tertiary alicyclic amines) is 1. The Bertz CT molecular complexity index is 518. The zero-order chi connectivity index (χ0) is 14.7. The van der Waals surface area contributed by atoms with Crippen molar-refractivity contribution in [1.29, 1.82) is 0 Å². The highest BCUT2D eigenvalue weighted by molar-refractivity contribution is 6.30. The number of urea groups is 1. The first-order chi connectivity index (χ1) is 9.44. The summed E-state index contributed by atoms with van der Waals surface area (Å²) in [5.41, 5.74) is 0.279. The number of aliphatic carboxylic acids is 1. The van der Waals surface area contributed by atoms with Gasteiger partial charge < -0.3 is 15.3 Å². The number of carboxylic acids is 1. The van der Waals surface area contributed by atoms with Crippen LogP contribution in [0.4, 0.5) is 14.9 Å². The van der Waals surface area contributed by atoms with Gasteiger partial charge in [-0.05, 0) is 30.5 Å². The van der Waals surface area contributed by atoms with Crippen LogP contribution in [-0.4, -0.2) is 35.1 Å². The smallest absolute Gasteiger partial charge is 0.321 e. The molecule has 2 N–H and O–H groups in total. The Morgan fingerprint density at radius 3 is 2.85 bits per heavy atom. The molecule has 1 fully saturated rings. The number of carboxylic acid groups (broad SMARTS) is 1. The highest BCUT2D eigenvalue weighted by Crippen LogP contribution is 2.22. The summed E-state index contributed by atoms with van der Waals surface area (Å²) in [5.74, 6) is -1.43. The summed E-state index contributed by atoms with van der Waals surface area (Å²) in [7, 11) is 0. The molecule has 0 spiro atoms. The van der Waals surface area contributed by atoms with E-state index >= 15 is 0 Å². The van der Waals surface area contributed by atoms with Gasteiger partial charge in [0.05, 0.1) is 0 Å². The Labute approximate surface area is 120 Å². The quantitative estimate of drug-likeness (QED) is 0.902. The second-order valence-electron chi connectivity index (χ2n) is 4.79. The minimum absolute atomic E-state index is 0.0330. The number of anilines is 1. The number of nitrogens with zero attached hydrogens (tertiary/aromatic N) is 1. The van der Waals surface area contributed by atoms with Crippen LogP contribution in [0.15, 0.2) is 18.2 Å². The van der Waals surface area contributed by atoms with Gasteiger partial charge in [-0.15, -0.1) is 0 Å². The van der Waals surface area contributed by atoms with E-state index in [1.807, 2.05) is 0 Å². The molecule has 1 aromatic rings. The van der Waals surface area contributed by atoms with Gasteiger partial charge in [-0.1, -0.05) is 11.6 Å². The molecule has 5 nitrogen and oxygen atoms in total. The number of hydrogen-bond acceptors (Lipinski definition) is 2. The number of amides is 2. The van der Waals surface area contributed by atoms with Crippen molar-refractivity contribution in [2.45, 2.75) is 12.8 Å². The molecular weight excluding hydrogens is 287 g/mol. The molecule has 0 saturated carbocycles. The topological polar surface area (TPSA) is 69.6 Å². The fraction of sp³-hybridized carbons (Fsp3) is 0.385. The molecule has 0 bridgehead atoms. The average molecular weight is 301 g/mol. The highest BCUT2D eigenvalue weighted by atomic mass is 35.5. The maximum absolute atomic E-state index is 13.1. The first-order valence-corrected chi connectivity index (χ1v) is 6.55. The van der Waals surface area contributed by atoms with E-state index in [-0.39, 0.29) is 29.1 Å². The van der Waals surface area contributed by atoms with Gasteiger partial charge in [0, 0.05) is 30.2 Å². The molecule has 108 valence electrons. The largest absolute Gasteiger partial charge is 0.481 e. The Hall–Kier alpha value is -1.82. The van der Waals surface area contributed by atoms with Gasteiger partial charge >= 0.3 is 12.0 Å². The fourth-order valence-electron chi connectivity index (χ4n) is 2.26. The Morgan fingerprint density at radius 2 is 2.20 bits per heavy atom. The molecule has 0 aromatic heterocycles. The van der Waals surface area contributed by atoms with Crippen LogP contribution in [0.2, 0.25) is 5.02 Å². The van der Waals surface area contributed by atoms with Crippen molar-refractivity contribution < 1.29 is 19.1 Å². The predicted molar refractivity (Wildman–Crippen MR) is 72.4 cm³/mol. The van der Waals surface area contributed by atoms with Crippen molar-refractivity contribution in [2.24, 2.45) is 5.92 Å². The standard InChI is InChI=1S/C13H14ClFN2O3/c14-9-4-10(15)6-11(5-9)16-13(20)17-2-1-8(7-17)3-12(18)19/h4-6,8H,1-3,7H2,(H,16,20)(H,18,19). The van der Waals surface area contributed by atoms with E-state index in [0.717, 1.165) is 6.07 Å². The first kappa shape index (κ1) is 14.6. The van der Waals surface area contributed by atoms with E-state index in [2.05, 4.69) is 5.32 Å². The number of hydrogen-bond donors (Lipinski definition) is 2. The molecule has 2 rings (SSSR count). The van der Waals surface area contributed by atoms with Crippen LogP contribution < -0.4 is 5.32 Å². The van der Waals surface area contributed by atoms with Gasteiger partial charge in [0.15, 0.2) is 0 Å². The van der Waals surface area contributed by atoms with Crippen molar-refractivity contribution in [3.05, 3.63) is 29.0 Å². The van der Waals surface area contributed by atoms with Crippen LogP contribution in [-0.2, 0) is 4.79 Å². The third-order valence-electron chi connectivity index (χ3n) is 3.15. The van der Waals surface area contributed by atoms with E-state index in [1.54, 1.807) is 0 Å². The minimum Gasteiger partial charge on any atom is -0.481 e. The van der Waals surface area contributed by atoms with Crippen molar-refractivity contribution >= 4 is 29.3 Å². The summed E-state index contributed by atoms with van der Waals surface area (Å²) >= 11 is 5.70. The summed E-state index contributed by atoms with van der Waals surface area (Å²) < 4.78 is 13.1. The van der Waals surface area contributed by atoms with Crippen molar-refractivity contribution in [3.63, 3.8) is 0 Å². The maximum atomic E-state index is 13.1. The van der Waals surface area contributed by atoms with Crippen LogP contribution in [0.3, 0.4) is 0 Å². The SMILES string of the molecule is O=C(O)CC1CCN(C(=O)Nc2cc(F)cc(Cl)c2)C1. The van der Waals surface area contributed by atoms with Gasteiger partial charge in [-0.25, -0.2) is 9.18 Å². The van der Waals surface area contributed by atoms with Gasteiger partial charge in [0.2, 0.25) is 0 Å². The van der Waals surface area contributed by atoms with Gasteiger partial charge in [-0.3, -0.25) is 4.79 Å². The number of rotatable bonds is 3. The lowest BCUT2D eigenvalue weighted by Gasteiger charge is -2.17. The molecule has 2 amide bonds. The fourth-order valence-corrected chi connectivity index (χ4v) is 2.48. The van der Waals surface area contributed by atoms with Gasteiger partial charge in [-0.2, -0.15) is 0 Å². The molecule has 1 heterocycles. The van der Waals surface area contributed by atoms with Crippen molar-refractivity contribution in [2.75, 3.05) is 18.4 Å². The third kappa shape index (κ3) is 3.84. The molecule has 7 heteroatoms. The number of carbonyl (C=O) groups is 2. The molecule has 1 atom stereocenters. The zero-order valence-corrected chi connectivity index (χ0v) is 11.4. The molecular formula is C13H14ClFN2O3. The summed E-state index contributed by atoms with van der Waals surface area (Å²) in [4.78, 5) is 24.1. The number of halogens is 2. The van der Waals surface area contributed by atoms with E-state index in [9.17, 15) is 14.0 Å². The monoisotopic (exact) mass is 300 g/mol. The Kier molecular flexibility index (Phi) is 4.44. The van der Waals surface area contributed by atoms with Crippen LogP contribution in [0, 0.1) is 11.7 Å². The summed E-state index contributed by atoms with van der Waals surface area (Å²) in [5, 5.41) is 11.5. The van der Waals surface area contributed by atoms with Crippen LogP contribution in [0.1, 0.15) is 12.8 Å². The Balaban J connectivity index is 1.94. The van der Waals surface area contributed by atoms with E-state index < -0.39 is 11.8 Å². The minimum atomic E-state index is -0.867. The number of nitrogens with one attached hydrogen (secondary N) is 1. The lowest BCUT2D eigenvalue weighted by atomic mass is 10.1. The lowest BCUT2D eigenvalue weighted by molar-refractivity contribution is -0.138. The number of carbonyl (C=O) groups excluding carboxylic acids is 1. The average Bonchev–Trinajstić information content (AvgIpc) is 2.75. The highest BCUT2D eigenvalue weighted by Gasteiger charge is 2.27. The predicted octanol–water partition coefficient (Wildman–Crippen LogP) is 2.81. The zero-order valence-electron chi connectivity index (χ0n) is 10.6. The van der Waals surface area contributed by atoms with Crippen molar-refractivity contribution in [3.8, 4) is 0 Å². The molecule has 1 aliphatic heterocycles. The van der Waals surface area contributed by atoms with Crippen molar-refractivity contribution in [1.82, 2.24) is 4.90 Å². The molecule has 20 heavy (non-hydrogen) atoms. The van der Waals surface area contributed by atoms with Crippen LogP contribution in [0.25, 0.3) is 0 Å². The third-order valence-corrected chi connectivity index (χ3v) is 3.37. The summed E-state index contributed by atoms with van der Waals surface area (Å²) in [6.45, 7) is 0.883. The van der Waals surface area contributed by atoms with Crippen LogP contribution >= 0.6 is 11.6 Å². The van der Waals surface area contributed by atoms with E-state index in [0.29, 0.717) is 19.5 Å². The molecule has 1 aromatic carbocycles. The molecule has 0 radical (unpaired) electrons. The maximum Gasteiger partial charge on any atom is 0.321 e. The van der Waals surface area contributed by atoms with E-state index in [4.69, 9.17) is 16.7 Å². The van der Waals surface area contributed by atoms with E-state index in [1.165, 1.54) is 17.0 Å². The number of benzene rings is 1. The van der Waals surface area contributed by atoms with Crippen LogP contribution in [0.5, 0.6) is 0 Å². The summed E-state index contributed by atoms with van der Waals surface area (Å²) in [6, 6.07) is 3.40. The second-order valence-corrected chi connectivity index (χ2v) is 5.22. The molecule has 0 aliphatic carbocycles. The van der Waals surface area contributed by atoms with Gasteiger partial charge in [0.1, 0.15) is 5.82 Å². The summed E-state index contributed by atoms with van der Waals surface area (Å²) in [6.07, 6.45) is 0.708. The molecule has 1 aliphatic rings. The van der Waals surface area contributed by atoms with Gasteiger partial charge in [0.25, 0.3) is 0 Å². The second kappa shape index (κ2) is 6.09.